The lowest BCUT2D eigenvalue weighted by Gasteiger charge is -2.34. The topological polar surface area (TPSA) is 134 Å². The SMILES string of the molecule is CCCCCC1=C(C(=O)OCCC#N)C(c2ccc([N+](=O)[O-])cc2)C=C(CC)N1C(=O)O. The molecule has 0 saturated heterocycles. The lowest BCUT2D eigenvalue weighted by atomic mass is 9.84. The zero-order chi connectivity index (χ0) is 23.7. The van der Waals surface area contributed by atoms with E-state index in [-0.39, 0.29) is 24.3 Å². The third-order valence-corrected chi connectivity index (χ3v) is 5.24. The first-order chi connectivity index (χ1) is 15.3. The van der Waals surface area contributed by atoms with Gasteiger partial charge in [-0.2, -0.15) is 5.26 Å². The lowest BCUT2D eigenvalue weighted by molar-refractivity contribution is -0.384. The Balaban J connectivity index is 2.63. The summed E-state index contributed by atoms with van der Waals surface area (Å²) in [6, 6.07) is 7.75. The number of nitriles is 1. The number of carboxylic acid groups (broad SMARTS) is 1. The summed E-state index contributed by atoms with van der Waals surface area (Å²) in [7, 11) is 0. The van der Waals surface area contributed by atoms with E-state index in [0.29, 0.717) is 36.2 Å². The van der Waals surface area contributed by atoms with E-state index in [1.807, 2.05) is 19.9 Å². The third kappa shape index (κ3) is 5.72. The zero-order valence-electron chi connectivity index (χ0n) is 18.2. The van der Waals surface area contributed by atoms with Gasteiger partial charge in [0.15, 0.2) is 0 Å². The van der Waals surface area contributed by atoms with E-state index in [1.165, 1.54) is 12.1 Å². The van der Waals surface area contributed by atoms with Crippen molar-refractivity contribution in [2.24, 2.45) is 0 Å². The molecule has 1 aliphatic heterocycles. The summed E-state index contributed by atoms with van der Waals surface area (Å²) >= 11 is 0. The van der Waals surface area contributed by atoms with Gasteiger partial charge in [-0.1, -0.05) is 44.9 Å². The first-order valence-electron chi connectivity index (χ1n) is 10.6. The lowest BCUT2D eigenvalue weighted by Crippen LogP contribution is -2.35. The third-order valence-electron chi connectivity index (χ3n) is 5.24. The number of hydrogen-bond donors (Lipinski definition) is 1. The van der Waals surface area contributed by atoms with Gasteiger partial charge < -0.3 is 9.84 Å². The van der Waals surface area contributed by atoms with Crippen molar-refractivity contribution in [1.29, 1.82) is 5.26 Å². The van der Waals surface area contributed by atoms with Crippen LogP contribution in [0.2, 0.25) is 0 Å². The van der Waals surface area contributed by atoms with Crippen molar-refractivity contribution in [1.82, 2.24) is 4.90 Å². The maximum absolute atomic E-state index is 13.1. The number of esters is 1. The van der Waals surface area contributed by atoms with Crippen LogP contribution >= 0.6 is 0 Å². The summed E-state index contributed by atoms with van der Waals surface area (Å²) in [6.45, 7) is 3.75. The molecular formula is C23H27N3O6. The number of nitro groups is 1. The molecule has 1 aliphatic rings. The Labute approximate surface area is 186 Å². The number of non-ortho nitro benzene ring substituents is 1. The number of ether oxygens (including phenoxy) is 1. The van der Waals surface area contributed by atoms with Gasteiger partial charge in [0.2, 0.25) is 0 Å². The number of hydrogen-bond acceptors (Lipinski definition) is 6. The van der Waals surface area contributed by atoms with E-state index in [4.69, 9.17) is 10.00 Å². The van der Waals surface area contributed by atoms with E-state index < -0.39 is 22.9 Å². The fourth-order valence-corrected chi connectivity index (χ4v) is 3.70. The van der Waals surface area contributed by atoms with Crippen LogP contribution in [0.3, 0.4) is 0 Å². The molecule has 0 bridgehead atoms. The zero-order valence-corrected chi connectivity index (χ0v) is 18.2. The van der Waals surface area contributed by atoms with E-state index >= 15 is 0 Å². The molecule has 9 heteroatoms. The molecular weight excluding hydrogens is 414 g/mol. The Morgan fingerprint density at radius 2 is 1.94 bits per heavy atom. The molecule has 0 aromatic heterocycles. The smallest absolute Gasteiger partial charge is 0.415 e. The number of benzene rings is 1. The van der Waals surface area contributed by atoms with Gasteiger partial charge in [-0.05, 0) is 24.8 Å². The molecule has 9 nitrogen and oxygen atoms in total. The van der Waals surface area contributed by atoms with Gasteiger partial charge >= 0.3 is 12.1 Å². The monoisotopic (exact) mass is 441 g/mol. The van der Waals surface area contributed by atoms with Crippen molar-refractivity contribution in [3.05, 3.63) is 63.0 Å². The van der Waals surface area contributed by atoms with Crippen molar-refractivity contribution in [3.8, 4) is 6.07 Å². The van der Waals surface area contributed by atoms with Gasteiger partial charge in [0, 0.05) is 29.4 Å². The summed E-state index contributed by atoms with van der Waals surface area (Å²) in [5, 5.41) is 29.7. The Hall–Kier alpha value is -3.67. The molecule has 0 radical (unpaired) electrons. The first kappa shape index (κ1) is 24.6. The van der Waals surface area contributed by atoms with E-state index in [2.05, 4.69) is 0 Å². The summed E-state index contributed by atoms with van der Waals surface area (Å²) in [4.78, 5) is 36.9. The Kier molecular flexibility index (Phi) is 8.95. The summed E-state index contributed by atoms with van der Waals surface area (Å²) in [5.41, 5.74) is 1.61. The van der Waals surface area contributed by atoms with Crippen molar-refractivity contribution < 1.29 is 24.4 Å². The van der Waals surface area contributed by atoms with Gasteiger partial charge in [0.1, 0.15) is 6.61 Å². The number of unbranched alkanes of at least 4 members (excludes halogenated alkanes) is 2. The van der Waals surface area contributed by atoms with E-state index in [9.17, 15) is 24.8 Å². The molecule has 1 N–H and O–H groups in total. The van der Waals surface area contributed by atoms with Crippen LogP contribution in [0.25, 0.3) is 0 Å². The van der Waals surface area contributed by atoms with Gasteiger partial charge in [0.25, 0.3) is 5.69 Å². The molecule has 0 spiro atoms. The normalized spacial score (nSPS) is 15.7. The highest BCUT2D eigenvalue weighted by Crippen LogP contribution is 2.40. The van der Waals surface area contributed by atoms with Crippen LogP contribution in [0.5, 0.6) is 0 Å². The molecule has 2 rings (SSSR count). The largest absolute Gasteiger partial charge is 0.464 e. The minimum Gasteiger partial charge on any atom is -0.464 e. The molecule has 1 aromatic rings. The number of amides is 1. The van der Waals surface area contributed by atoms with Gasteiger partial charge in [-0.15, -0.1) is 0 Å². The molecule has 1 heterocycles. The van der Waals surface area contributed by atoms with Crippen LogP contribution in [-0.2, 0) is 9.53 Å². The molecule has 0 fully saturated rings. The molecule has 1 unspecified atom stereocenters. The Morgan fingerprint density at radius 3 is 2.47 bits per heavy atom. The summed E-state index contributed by atoms with van der Waals surface area (Å²) < 4.78 is 5.29. The molecule has 1 aromatic carbocycles. The number of allylic oxidation sites excluding steroid dienone is 3. The predicted octanol–water partition coefficient (Wildman–Crippen LogP) is 5.26. The second kappa shape index (κ2) is 11.6. The van der Waals surface area contributed by atoms with Crippen molar-refractivity contribution in [2.45, 2.75) is 58.3 Å². The van der Waals surface area contributed by atoms with Crippen LogP contribution in [0.15, 0.2) is 47.3 Å². The highest BCUT2D eigenvalue weighted by atomic mass is 16.6. The number of rotatable bonds is 10. The van der Waals surface area contributed by atoms with Crippen LogP contribution in [0, 0.1) is 21.4 Å². The maximum Gasteiger partial charge on any atom is 0.415 e. The molecule has 170 valence electrons. The van der Waals surface area contributed by atoms with Gasteiger partial charge in [-0.3, -0.25) is 15.0 Å². The quantitative estimate of drug-likeness (QED) is 0.226. The standard InChI is InChI=1S/C23H27N3O6/c1-3-5-6-8-20-21(22(27)32-14-7-13-24)19(15-17(4-2)25(20)23(28)29)16-9-11-18(12-10-16)26(30)31/h9-12,15,19H,3-8,14H2,1-2H3,(H,28,29). The average Bonchev–Trinajstić information content (AvgIpc) is 2.78. The minimum atomic E-state index is -1.19. The van der Waals surface area contributed by atoms with Crippen LogP contribution in [0.4, 0.5) is 10.5 Å². The Morgan fingerprint density at radius 1 is 1.25 bits per heavy atom. The van der Waals surface area contributed by atoms with Crippen LogP contribution in [0.1, 0.15) is 63.9 Å². The van der Waals surface area contributed by atoms with Crippen molar-refractivity contribution in [3.63, 3.8) is 0 Å². The molecule has 1 amide bonds. The van der Waals surface area contributed by atoms with Crippen LogP contribution < -0.4 is 0 Å². The second-order valence-corrected chi connectivity index (χ2v) is 7.32. The predicted molar refractivity (Wildman–Crippen MR) is 116 cm³/mol. The maximum atomic E-state index is 13.1. The number of carbonyl (C=O) groups is 2. The molecule has 1 atom stereocenters. The average molecular weight is 441 g/mol. The van der Waals surface area contributed by atoms with Gasteiger partial charge in [0.05, 0.1) is 23.0 Å². The number of nitrogens with zero attached hydrogens (tertiary/aromatic N) is 3. The van der Waals surface area contributed by atoms with Crippen molar-refractivity contribution >= 4 is 17.7 Å². The van der Waals surface area contributed by atoms with Gasteiger partial charge in [-0.25, -0.2) is 9.59 Å². The number of nitro benzene ring substituents is 1. The summed E-state index contributed by atoms with van der Waals surface area (Å²) in [6.07, 6.45) is 3.78. The van der Waals surface area contributed by atoms with Crippen LogP contribution in [-0.4, -0.2) is 33.6 Å². The van der Waals surface area contributed by atoms with E-state index in [1.54, 1.807) is 18.2 Å². The van der Waals surface area contributed by atoms with E-state index in [0.717, 1.165) is 17.7 Å². The molecule has 0 saturated carbocycles. The first-order valence-corrected chi connectivity index (χ1v) is 10.6. The minimum absolute atomic E-state index is 0.0189. The number of carbonyl (C=O) groups excluding carboxylic acids is 1. The highest BCUT2D eigenvalue weighted by Gasteiger charge is 2.36. The fraction of sp³-hybridized carbons (Fsp3) is 0.435. The summed E-state index contributed by atoms with van der Waals surface area (Å²) in [5.74, 6) is -1.31. The molecule has 0 aliphatic carbocycles. The molecule has 32 heavy (non-hydrogen) atoms. The Bertz CT molecular complexity index is 959. The second-order valence-electron chi connectivity index (χ2n) is 7.32. The fourth-order valence-electron chi connectivity index (χ4n) is 3.70. The van der Waals surface area contributed by atoms with Crippen molar-refractivity contribution in [2.75, 3.05) is 6.61 Å². The highest BCUT2D eigenvalue weighted by molar-refractivity contribution is 5.93.